The Balaban J connectivity index is 1.63. The van der Waals surface area contributed by atoms with Crippen LogP contribution in [0.25, 0.3) is 10.9 Å². The van der Waals surface area contributed by atoms with Gasteiger partial charge in [-0.3, -0.25) is 4.79 Å². The molecule has 176 valence electrons. The second-order valence-electron chi connectivity index (χ2n) is 8.77. The minimum Gasteiger partial charge on any atom is -0.349 e. The summed E-state index contributed by atoms with van der Waals surface area (Å²) in [5.41, 5.74) is 2.44. The van der Waals surface area contributed by atoms with Gasteiger partial charge in [-0.25, -0.2) is 12.7 Å². The van der Waals surface area contributed by atoms with Crippen LogP contribution < -0.4 is 5.32 Å². The van der Waals surface area contributed by atoms with Crippen LogP contribution in [0.15, 0.2) is 59.5 Å². The van der Waals surface area contributed by atoms with E-state index in [1.165, 1.54) is 37.7 Å². The molecular weight excluding hydrogens is 436 g/mol. The summed E-state index contributed by atoms with van der Waals surface area (Å²) in [6, 6.07) is 16.8. The van der Waals surface area contributed by atoms with Crippen molar-refractivity contribution < 1.29 is 13.2 Å². The third kappa shape index (κ3) is 5.29. The number of hydrogen-bond donors (Lipinski definition) is 1. The molecule has 0 atom stereocenters. The van der Waals surface area contributed by atoms with Gasteiger partial charge in [0, 0.05) is 44.6 Å². The summed E-state index contributed by atoms with van der Waals surface area (Å²) in [6.07, 6.45) is 3.73. The van der Waals surface area contributed by atoms with E-state index in [1.807, 2.05) is 34.9 Å². The monoisotopic (exact) mass is 468 g/mol. The van der Waals surface area contributed by atoms with Gasteiger partial charge >= 0.3 is 0 Å². The molecule has 0 radical (unpaired) electrons. The fourth-order valence-corrected chi connectivity index (χ4v) is 5.28. The number of amides is 1. The number of hydrogen-bond acceptors (Lipinski definition) is 4. The number of aromatic nitrogens is 1. The highest BCUT2D eigenvalue weighted by Gasteiger charge is 2.21. The molecule has 1 aliphatic heterocycles. The van der Waals surface area contributed by atoms with Gasteiger partial charge in [-0.2, -0.15) is 0 Å². The summed E-state index contributed by atoms with van der Waals surface area (Å²) in [7, 11) is -0.529. The molecule has 0 saturated carbocycles. The highest BCUT2D eigenvalue weighted by molar-refractivity contribution is 7.89. The minimum atomic E-state index is -3.56. The summed E-state index contributed by atoms with van der Waals surface area (Å²) in [4.78, 5) is 15.8. The van der Waals surface area contributed by atoms with Gasteiger partial charge in [-0.05, 0) is 55.8 Å². The van der Waals surface area contributed by atoms with Gasteiger partial charge in [0.05, 0.1) is 4.90 Å². The zero-order valence-electron chi connectivity index (χ0n) is 19.3. The van der Waals surface area contributed by atoms with Crippen molar-refractivity contribution in [2.45, 2.75) is 30.7 Å². The number of carbonyl (C=O) groups excluding carboxylic acids is 1. The molecule has 1 amide bonds. The summed E-state index contributed by atoms with van der Waals surface area (Å²) >= 11 is 0. The number of carbonyl (C=O) groups is 1. The SMILES string of the molecule is CN(C)S(=O)(=O)c1ccc2c(c1)cc(C(=O)NCCN1CCCCC1)n2Cc1ccccc1. The smallest absolute Gasteiger partial charge is 0.267 e. The molecule has 0 aliphatic carbocycles. The number of sulfonamides is 1. The maximum Gasteiger partial charge on any atom is 0.267 e. The zero-order chi connectivity index (χ0) is 23.4. The normalized spacial score (nSPS) is 15.2. The molecule has 7 nitrogen and oxygen atoms in total. The Kier molecular flexibility index (Phi) is 7.17. The number of fused-ring (bicyclic) bond motifs is 1. The third-order valence-corrected chi connectivity index (χ3v) is 8.04. The molecule has 2 heterocycles. The van der Waals surface area contributed by atoms with E-state index in [2.05, 4.69) is 10.2 Å². The number of benzene rings is 2. The summed E-state index contributed by atoms with van der Waals surface area (Å²) in [5.74, 6) is -0.142. The molecular formula is C25H32N4O3S. The molecule has 0 bridgehead atoms. The first kappa shape index (κ1) is 23.5. The standard InChI is InChI=1S/C25H32N4O3S/c1-27(2)33(31,32)22-11-12-23-21(17-22)18-24(29(23)19-20-9-5-3-6-10-20)25(30)26-13-16-28-14-7-4-8-15-28/h3,5-6,9-12,17-18H,4,7-8,13-16,19H2,1-2H3,(H,26,30). The van der Waals surface area contributed by atoms with E-state index in [1.54, 1.807) is 24.3 Å². The minimum absolute atomic E-state index is 0.142. The van der Waals surface area contributed by atoms with Crippen molar-refractivity contribution in [3.8, 4) is 0 Å². The van der Waals surface area contributed by atoms with Gasteiger partial charge < -0.3 is 14.8 Å². The van der Waals surface area contributed by atoms with Gasteiger partial charge in [-0.1, -0.05) is 36.8 Å². The van der Waals surface area contributed by atoms with Crippen molar-refractivity contribution in [3.05, 3.63) is 65.9 Å². The lowest BCUT2D eigenvalue weighted by Gasteiger charge is -2.26. The van der Waals surface area contributed by atoms with Crippen molar-refractivity contribution in [1.29, 1.82) is 0 Å². The fourth-order valence-electron chi connectivity index (χ4n) is 4.35. The van der Waals surface area contributed by atoms with E-state index in [0.29, 0.717) is 18.8 Å². The van der Waals surface area contributed by atoms with E-state index >= 15 is 0 Å². The number of nitrogens with one attached hydrogen (secondary N) is 1. The molecule has 33 heavy (non-hydrogen) atoms. The molecule has 8 heteroatoms. The van der Waals surface area contributed by atoms with Gasteiger partial charge in [0.15, 0.2) is 0 Å². The van der Waals surface area contributed by atoms with Crippen molar-refractivity contribution in [3.63, 3.8) is 0 Å². The first-order chi connectivity index (χ1) is 15.9. The van der Waals surface area contributed by atoms with Crippen LogP contribution in [0.5, 0.6) is 0 Å². The Morgan fingerprint density at radius 2 is 1.73 bits per heavy atom. The molecule has 0 spiro atoms. The van der Waals surface area contributed by atoms with Gasteiger partial charge in [0.25, 0.3) is 5.91 Å². The summed E-state index contributed by atoms with van der Waals surface area (Å²) in [5, 5.41) is 3.80. The highest BCUT2D eigenvalue weighted by atomic mass is 32.2. The lowest BCUT2D eigenvalue weighted by Crippen LogP contribution is -2.38. The number of piperidine rings is 1. The van der Waals surface area contributed by atoms with E-state index in [4.69, 9.17) is 0 Å². The second kappa shape index (κ2) is 10.1. The van der Waals surface area contributed by atoms with Gasteiger partial charge in [0.2, 0.25) is 10.0 Å². The first-order valence-corrected chi connectivity index (χ1v) is 12.9. The molecule has 1 aromatic heterocycles. The number of nitrogens with zero attached hydrogens (tertiary/aromatic N) is 3. The second-order valence-corrected chi connectivity index (χ2v) is 10.9. The van der Waals surface area contributed by atoms with Crippen LogP contribution >= 0.6 is 0 Å². The van der Waals surface area contributed by atoms with Gasteiger partial charge in [-0.15, -0.1) is 0 Å². The maximum atomic E-state index is 13.2. The van der Waals surface area contributed by atoms with Crippen LogP contribution in [0.3, 0.4) is 0 Å². The number of likely N-dealkylation sites (tertiary alicyclic amines) is 1. The predicted molar refractivity (Wildman–Crippen MR) is 131 cm³/mol. The zero-order valence-corrected chi connectivity index (χ0v) is 20.1. The van der Waals surface area contributed by atoms with Crippen molar-refractivity contribution in [2.24, 2.45) is 0 Å². The average Bonchev–Trinajstić information content (AvgIpc) is 3.18. The topological polar surface area (TPSA) is 74.7 Å². The molecule has 0 unspecified atom stereocenters. The van der Waals surface area contributed by atoms with Crippen molar-refractivity contribution in [1.82, 2.24) is 19.1 Å². The van der Waals surface area contributed by atoms with E-state index in [-0.39, 0.29) is 10.8 Å². The highest BCUT2D eigenvalue weighted by Crippen LogP contribution is 2.26. The van der Waals surface area contributed by atoms with Crippen LogP contribution in [0, 0.1) is 0 Å². The Hall–Kier alpha value is -2.68. The van der Waals surface area contributed by atoms with Gasteiger partial charge in [0.1, 0.15) is 5.69 Å². The lowest BCUT2D eigenvalue weighted by atomic mass is 10.1. The van der Waals surface area contributed by atoms with Crippen molar-refractivity contribution in [2.75, 3.05) is 40.3 Å². The summed E-state index contributed by atoms with van der Waals surface area (Å²) in [6.45, 7) is 4.14. The largest absolute Gasteiger partial charge is 0.349 e. The molecule has 1 saturated heterocycles. The average molecular weight is 469 g/mol. The van der Waals surface area contributed by atoms with Crippen molar-refractivity contribution >= 4 is 26.8 Å². The third-order valence-electron chi connectivity index (χ3n) is 6.23. The fraction of sp³-hybridized carbons (Fsp3) is 0.400. The maximum absolute atomic E-state index is 13.2. The predicted octanol–water partition coefficient (Wildman–Crippen LogP) is 3.16. The van der Waals surface area contributed by atoms with Crippen LogP contribution in [-0.2, 0) is 16.6 Å². The quantitative estimate of drug-likeness (QED) is 0.551. The molecule has 1 aliphatic rings. The number of rotatable bonds is 8. The summed E-state index contributed by atoms with van der Waals surface area (Å²) < 4.78 is 28.4. The molecule has 1 N–H and O–H groups in total. The van der Waals surface area contributed by atoms with E-state index in [0.717, 1.165) is 36.1 Å². The van der Waals surface area contributed by atoms with Crippen LogP contribution in [0.4, 0.5) is 0 Å². The van der Waals surface area contributed by atoms with Crippen LogP contribution in [-0.4, -0.2) is 68.4 Å². The Morgan fingerprint density at radius 1 is 1.00 bits per heavy atom. The molecule has 1 fully saturated rings. The van der Waals surface area contributed by atoms with E-state index < -0.39 is 10.0 Å². The Labute approximate surface area is 196 Å². The van der Waals surface area contributed by atoms with E-state index in [9.17, 15) is 13.2 Å². The molecule has 4 rings (SSSR count). The lowest BCUT2D eigenvalue weighted by molar-refractivity contribution is 0.0938. The van der Waals surface area contributed by atoms with Crippen LogP contribution in [0.1, 0.15) is 35.3 Å². The first-order valence-electron chi connectivity index (χ1n) is 11.5. The Morgan fingerprint density at radius 3 is 2.42 bits per heavy atom. The molecule has 3 aromatic rings. The van der Waals surface area contributed by atoms with Crippen LogP contribution in [0.2, 0.25) is 0 Å². The molecule has 2 aromatic carbocycles. The Bertz CT molecular complexity index is 1210.